The number of hydrogen-bond donors (Lipinski definition) is 2. The van der Waals surface area contributed by atoms with Crippen molar-refractivity contribution < 1.29 is 0 Å². The zero-order valence-electron chi connectivity index (χ0n) is 6.31. The van der Waals surface area contributed by atoms with Gasteiger partial charge in [0.05, 0.1) is 0 Å². The average Bonchev–Trinajstić information content (AvgIpc) is 2.41. The van der Waals surface area contributed by atoms with Gasteiger partial charge in [0.15, 0.2) is 0 Å². The summed E-state index contributed by atoms with van der Waals surface area (Å²) in [4.78, 5) is 0. The molecule has 1 rings (SSSR count). The SMILES string of the molecule is NCCSC[C@H]1CCCN1. The third-order valence-electron chi connectivity index (χ3n) is 1.74. The van der Waals surface area contributed by atoms with E-state index in [0.29, 0.717) is 0 Å². The Morgan fingerprint density at radius 2 is 2.50 bits per heavy atom. The first-order valence-electron chi connectivity index (χ1n) is 3.94. The molecule has 60 valence electrons. The number of hydrogen-bond acceptors (Lipinski definition) is 3. The molecular weight excluding hydrogens is 144 g/mol. The van der Waals surface area contributed by atoms with Crippen LogP contribution in [0.5, 0.6) is 0 Å². The lowest BCUT2D eigenvalue weighted by Gasteiger charge is -2.07. The molecule has 0 saturated carbocycles. The molecule has 0 unspecified atom stereocenters. The minimum Gasteiger partial charge on any atom is -0.330 e. The number of nitrogens with one attached hydrogen (secondary N) is 1. The van der Waals surface area contributed by atoms with Crippen LogP contribution in [-0.2, 0) is 0 Å². The first kappa shape index (κ1) is 8.37. The summed E-state index contributed by atoms with van der Waals surface area (Å²) < 4.78 is 0. The van der Waals surface area contributed by atoms with Gasteiger partial charge in [0.25, 0.3) is 0 Å². The van der Waals surface area contributed by atoms with Gasteiger partial charge >= 0.3 is 0 Å². The summed E-state index contributed by atoms with van der Waals surface area (Å²) in [5.74, 6) is 2.36. The Bertz CT molecular complexity index is 81.7. The van der Waals surface area contributed by atoms with Crippen LogP contribution in [0.1, 0.15) is 12.8 Å². The monoisotopic (exact) mass is 160 g/mol. The zero-order chi connectivity index (χ0) is 7.23. The van der Waals surface area contributed by atoms with Gasteiger partial charge in [-0.1, -0.05) is 0 Å². The quantitative estimate of drug-likeness (QED) is 0.586. The Labute approximate surface area is 66.9 Å². The van der Waals surface area contributed by atoms with Crippen molar-refractivity contribution in [3.8, 4) is 0 Å². The molecule has 3 N–H and O–H groups in total. The molecule has 10 heavy (non-hydrogen) atoms. The van der Waals surface area contributed by atoms with Crippen molar-refractivity contribution in [3.05, 3.63) is 0 Å². The highest BCUT2D eigenvalue weighted by atomic mass is 32.2. The fourth-order valence-electron chi connectivity index (χ4n) is 1.21. The van der Waals surface area contributed by atoms with Crippen LogP contribution in [0, 0.1) is 0 Å². The summed E-state index contributed by atoms with van der Waals surface area (Å²) in [6.45, 7) is 2.03. The van der Waals surface area contributed by atoms with Gasteiger partial charge in [-0.15, -0.1) is 0 Å². The molecule has 1 atom stereocenters. The second-order valence-electron chi connectivity index (χ2n) is 2.66. The molecule has 1 saturated heterocycles. The van der Waals surface area contributed by atoms with Gasteiger partial charge in [0.1, 0.15) is 0 Å². The highest BCUT2D eigenvalue weighted by Gasteiger charge is 2.12. The molecule has 1 aliphatic rings. The molecule has 0 aromatic heterocycles. The molecule has 0 amide bonds. The van der Waals surface area contributed by atoms with E-state index in [-0.39, 0.29) is 0 Å². The van der Waals surface area contributed by atoms with Crippen molar-refractivity contribution in [2.75, 3.05) is 24.6 Å². The Hall–Kier alpha value is 0.270. The fraction of sp³-hybridized carbons (Fsp3) is 1.00. The predicted molar refractivity (Wildman–Crippen MR) is 47.4 cm³/mol. The van der Waals surface area contributed by atoms with Gasteiger partial charge in [-0.25, -0.2) is 0 Å². The van der Waals surface area contributed by atoms with Crippen molar-refractivity contribution in [2.24, 2.45) is 5.73 Å². The summed E-state index contributed by atoms with van der Waals surface area (Å²) >= 11 is 1.96. The topological polar surface area (TPSA) is 38.0 Å². The first-order valence-corrected chi connectivity index (χ1v) is 5.10. The third kappa shape index (κ3) is 2.90. The van der Waals surface area contributed by atoms with Crippen LogP contribution in [0.15, 0.2) is 0 Å². The molecule has 1 heterocycles. The molecule has 0 spiro atoms. The number of thioether (sulfide) groups is 1. The lowest BCUT2D eigenvalue weighted by molar-refractivity contribution is 0.674. The van der Waals surface area contributed by atoms with Crippen LogP contribution in [-0.4, -0.2) is 30.6 Å². The van der Waals surface area contributed by atoms with Crippen LogP contribution < -0.4 is 11.1 Å². The van der Waals surface area contributed by atoms with E-state index < -0.39 is 0 Å². The smallest absolute Gasteiger partial charge is 0.0158 e. The van der Waals surface area contributed by atoms with E-state index in [0.717, 1.165) is 18.3 Å². The van der Waals surface area contributed by atoms with Crippen molar-refractivity contribution in [1.29, 1.82) is 0 Å². The number of nitrogens with two attached hydrogens (primary N) is 1. The molecule has 0 radical (unpaired) electrons. The van der Waals surface area contributed by atoms with Crippen molar-refractivity contribution in [2.45, 2.75) is 18.9 Å². The minimum absolute atomic E-state index is 0.775. The lowest BCUT2D eigenvalue weighted by Crippen LogP contribution is -2.24. The molecule has 2 nitrogen and oxygen atoms in total. The Morgan fingerprint density at radius 3 is 3.10 bits per heavy atom. The van der Waals surface area contributed by atoms with Crippen molar-refractivity contribution in [3.63, 3.8) is 0 Å². The maximum Gasteiger partial charge on any atom is 0.0158 e. The molecule has 0 aromatic carbocycles. The maximum absolute atomic E-state index is 5.37. The lowest BCUT2D eigenvalue weighted by atomic mass is 10.3. The van der Waals surface area contributed by atoms with Crippen LogP contribution in [0.4, 0.5) is 0 Å². The Balaban J connectivity index is 1.91. The molecule has 0 aromatic rings. The first-order chi connectivity index (χ1) is 4.93. The van der Waals surface area contributed by atoms with Gasteiger partial charge in [0.2, 0.25) is 0 Å². The van der Waals surface area contributed by atoms with Crippen LogP contribution in [0.25, 0.3) is 0 Å². The summed E-state index contributed by atoms with van der Waals surface area (Å²) in [6, 6.07) is 0.775. The van der Waals surface area contributed by atoms with E-state index in [9.17, 15) is 0 Å². The largest absolute Gasteiger partial charge is 0.330 e. The Morgan fingerprint density at radius 1 is 1.60 bits per heavy atom. The maximum atomic E-state index is 5.37. The van der Waals surface area contributed by atoms with E-state index in [1.807, 2.05) is 11.8 Å². The van der Waals surface area contributed by atoms with E-state index in [1.165, 1.54) is 25.1 Å². The summed E-state index contributed by atoms with van der Waals surface area (Å²) in [7, 11) is 0. The Kier molecular flexibility index (Phi) is 4.18. The zero-order valence-corrected chi connectivity index (χ0v) is 7.12. The van der Waals surface area contributed by atoms with E-state index in [4.69, 9.17) is 5.73 Å². The molecule has 3 heteroatoms. The molecule has 1 fully saturated rings. The van der Waals surface area contributed by atoms with Gasteiger partial charge < -0.3 is 11.1 Å². The number of rotatable bonds is 4. The van der Waals surface area contributed by atoms with Gasteiger partial charge in [0, 0.05) is 24.1 Å². The molecule has 0 aliphatic carbocycles. The molecular formula is C7H16N2S. The van der Waals surface area contributed by atoms with E-state index in [2.05, 4.69) is 5.32 Å². The summed E-state index contributed by atoms with van der Waals surface area (Å²) in [5, 5.41) is 3.45. The van der Waals surface area contributed by atoms with Crippen LogP contribution in [0.2, 0.25) is 0 Å². The second kappa shape index (κ2) is 4.99. The average molecular weight is 160 g/mol. The molecule has 1 aliphatic heterocycles. The van der Waals surface area contributed by atoms with Crippen LogP contribution in [0.3, 0.4) is 0 Å². The normalized spacial score (nSPS) is 25.5. The standard InChI is InChI=1S/C7H16N2S/c8-3-5-10-6-7-2-1-4-9-7/h7,9H,1-6,8H2/t7-/m1/s1. The third-order valence-corrected chi connectivity index (χ3v) is 2.91. The van der Waals surface area contributed by atoms with Crippen molar-refractivity contribution >= 4 is 11.8 Å². The molecule has 0 bridgehead atoms. The van der Waals surface area contributed by atoms with Gasteiger partial charge in [-0.05, 0) is 19.4 Å². The highest BCUT2D eigenvalue weighted by Crippen LogP contribution is 2.10. The van der Waals surface area contributed by atoms with Crippen LogP contribution >= 0.6 is 11.8 Å². The van der Waals surface area contributed by atoms with Gasteiger partial charge in [-0.3, -0.25) is 0 Å². The summed E-state index contributed by atoms with van der Waals surface area (Å²) in [6.07, 6.45) is 2.71. The van der Waals surface area contributed by atoms with Gasteiger partial charge in [-0.2, -0.15) is 11.8 Å². The van der Waals surface area contributed by atoms with E-state index >= 15 is 0 Å². The second-order valence-corrected chi connectivity index (χ2v) is 3.81. The van der Waals surface area contributed by atoms with Crippen molar-refractivity contribution in [1.82, 2.24) is 5.32 Å². The predicted octanol–water partition coefficient (Wildman–Crippen LogP) is 0.430. The summed E-state index contributed by atoms with van der Waals surface area (Å²) in [5.41, 5.74) is 5.37. The van der Waals surface area contributed by atoms with E-state index in [1.54, 1.807) is 0 Å². The fourth-order valence-corrected chi connectivity index (χ4v) is 2.11. The highest BCUT2D eigenvalue weighted by molar-refractivity contribution is 7.99. The minimum atomic E-state index is 0.775.